The first kappa shape index (κ1) is 37.3. The number of allylic oxidation sites excluding steroid dienone is 4. The SMILES string of the molecule is C=CCCC(=O)OC[C@]1(C)C2CC[C@]3(C)C(CC=C4C5CC(C)(C)[C@@H](OC(=O)CCC=C)[C@H](O)[C@]5(CO)[C@H](O)C[C@]43C)[C@@]2(C)CC[C@@H]1O. The minimum atomic E-state index is -1.25. The van der Waals surface area contributed by atoms with Crippen molar-refractivity contribution >= 4 is 11.9 Å². The summed E-state index contributed by atoms with van der Waals surface area (Å²) in [5, 5.41) is 46.8. The third-order valence-corrected chi connectivity index (χ3v) is 15.1. The molecule has 5 aliphatic rings. The van der Waals surface area contributed by atoms with E-state index in [1.54, 1.807) is 12.2 Å². The topological polar surface area (TPSA) is 134 Å². The van der Waals surface area contributed by atoms with Gasteiger partial charge in [0.2, 0.25) is 0 Å². The van der Waals surface area contributed by atoms with E-state index in [9.17, 15) is 30.0 Å². The molecule has 8 nitrogen and oxygen atoms in total. The molecule has 4 saturated carbocycles. The Labute approximate surface area is 288 Å². The second-order valence-corrected chi connectivity index (χ2v) is 17.8. The zero-order valence-corrected chi connectivity index (χ0v) is 30.3. The molecule has 0 radical (unpaired) electrons. The molecule has 0 amide bonds. The van der Waals surface area contributed by atoms with Gasteiger partial charge in [0, 0.05) is 23.7 Å². The second kappa shape index (κ2) is 13.0. The number of fused-ring (bicyclic) bond motifs is 7. The predicted molar refractivity (Wildman–Crippen MR) is 184 cm³/mol. The van der Waals surface area contributed by atoms with Crippen molar-refractivity contribution in [2.75, 3.05) is 13.2 Å². The Morgan fingerprint density at radius 3 is 2.17 bits per heavy atom. The van der Waals surface area contributed by atoms with Gasteiger partial charge in [0.05, 0.1) is 30.8 Å². The normalized spacial score (nSPS) is 46.0. The number of carbonyl (C=O) groups excluding carboxylic acids is 2. The summed E-state index contributed by atoms with van der Waals surface area (Å²) < 4.78 is 11.8. The van der Waals surface area contributed by atoms with Crippen molar-refractivity contribution < 1.29 is 39.5 Å². The summed E-state index contributed by atoms with van der Waals surface area (Å²) in [5.41, 5.74) is -1.95. The van der Waals surface area contributed by atoms with Crippen LogP contribution in [0.25, 0.3) is 0 Å². The van der Waals surface area contributed by atoms with E-state index in [2.05, 4.69) is 46.9 Å². The summed E-state index contributed by atoms with van der Waals surface area (Å²) in [5.74, 6) is -0.559. The lowest BCUT2D eigenvalue weighted by Crippen LogP contribution is -2.72. The van der Waals surface area contributed by atoms with Crippen molar-refractivity contribution in [3.8, 4) is 0 Å². The van der Waals surface area contributed by atoms with Crippen LogP contribution >= 0.6 is 0 Å². The van der Waals surface area contributed by atoms with E-state index >= 15 is 0 Å². The Morgan fingerprint density at radius 2 is 1.54 bits per heavy atom. The molecular weight excluding hydrogens is 608 g/mol. The van der Waals surface area contributed by atoms with E-state index in [-0.39, 0.29) is 54.0 Å². The molecular formula is C40H62O8. The third-order valence-electron chi connectivity index (χ3n) is 15.1. The van der Waals surface area contributed by atoms with Crippen LogP contribution in [0.1, 0.15) is 112 Å². The average molecular weight is 671 g/mol. The molecule has 0 spiro atoms. The third kappa shape index (κ3) is 5.38. The van der Waals surface area contributed by atoms with Crippen LogP contribution in [0.15, 0.2) is 37.0 Å². The Bertz CT molecular complexity index is 1310. The van der Waals surface area contributed by atoms with E-state index in [0.29, 0.717) is 32.1 Å². The number of rotatable bonds is 10. The number of aliphatic hydroxyl groups excluding tert-OH is 4. The molecule has 5 aliphatic carbocycles. The highest BCUT2D eigenvalue weighted by Gasteiger charge is 2.73. The molecule has 0 heterocycles. The van der Waals surface area contributed by atoms with E-state index in [1.807, 2.05) is 13.8 Å². The summed E-state index contributed by atoms with van der Waals surface area (Å²) in [4.78, 5) is 25.3. The number of hydrogen-bond donors (Lipinski definition) is 4. The molecule has 0 saturated heterocycles. The van der Waals surface area contributed by atoms with E-state index in [4.69, 9.17) is 9.47 Å². The fourth-order valence-electron chi connectivity index (χ4n) is 12.1. The van der Waals surface area contributed by atoms with Gasteiger partial charge < -0.3 is 29.9 Å². The van der Waals surface area contributed by atoms with Crippen LogP contribution in [0.5, 0.6) is 0 Å². The molecule has 0 aromatic rings. The van der Waals surface area contributed by atoms with Gasteiger partial charge in [-0.2, -0.15) is 0 Å². The molecule has 5 rings (SSSR count). The molecule has 0 aromatic heterocycles. The minimum absolute atomic E-state index is 0.133. The molecule has 4 N–H and O–H groups in total. The molecule has 48 heavy (non-hydrogen) atoms. The Morgan fingerprint density at radius 1 is 0.896 bits per heavy atom. The highest BCUT2D eigenvalue weighted by Crippen LogP contribution is 2.75. The van der Waals surface area contributed by atoms with Crippen molar-refractivity contribution in [1.29, 1.82) is 0 Å². The zero-order chi connectivity index (χ0) is 35.5. The average Bonchev–Trinajstić information content (AvgIpc) is 3.02. The van der Waals surface area contributed by atoms with Gasteiger partial charge in [0.15, 0.2) is 0 Å². The molecule has 0 aliphatic heterocycles. The van der Waals surface area contributed by atoms with Gasteiger partial charge in [-0.25, -0.2) is 0 Å². The van der Waals surface area contributed by atoms with Crippen LogP contribution in [-0.2, 0) is 19.1 Å². The van der Waals surface area contributed by atoms with Gasteiger partial charge in [-0.1, -0.05) is 65.3 Å². The van der Waals surface area contributed by atoms with Gasteiger partial charge in [-0.05, 0) is 91.8 Å². The maximum atomic E-state index is 12.8. The van der Waals surface area contributed by atoms with Gasteiger partial charge in [0.1, 0.15) is 12.2 Å². The smallest absolute Gasteiger partial charge is 0.306 e. The summed E-state index contributed by atoms with van der Waals surface area (Å²) in [6, 6.07) is 0. The van der Waals surface area contributed by atoms with Crippen molar-refractivity contribution in [3.63, 3.8) is 0 Å². The van der Waals surface area contributed by atoms with E-state index < -0.39 is 58.7 Å². The zero-order valence-electron chi connectivity index (χ0n) is 30.3. The van der Waals surface area contributed by atoms with Crippen molar-refractivity contribution in [2.45, 2.75) is 137 Å². The van der Waals surface area contributed by atoms with Crippen LogP contribution in [0.3, 0.4) is 0 Å². The first-order valence-electron chi connectivity index (χ1n) is 18.4. The predicted octanol–water partition coefficient (Wildman–Crippen LogP) is 6.06. The first-order valence-corrected chi connectivity index (χ1v) is 18.4. The molecule has 270 valence electrons. The van der Waals surface area contributed by atoms with Crippen LogP contribution in [0.2, 0.25) is 0 Å². The van der Waals surface area contributed by atoms with Gasteiger partial charge in [-0.15, -0.1) is 13.2 Å². The quantitative estimate of drug-likeness (QED) is 0.163. The van der Waals surface area contributed by atoms with E-state index in [1.165, 1.54) is 5.57 Å². The molecule has 12 atom stereocenters. The first-order chi connectivity index (χ1) is 22.4. The molecule has 4 fully saturated rings. The van der Waals surface area contributed by atoms with Crippen molar-refractivity contribution in [2.24, 2.45) is 50.2 Å². The lowest BCUT2D eigenvalue weighted by Gasteiger charge is -2.72. The maximum Gasteiger partial charge on any atom is 0.306 e. The Balaban J connectivity index is 1.50. The molecule has 0 bridgehead atoms. The fourth-order valence-corrected chi connectivity index (χ4v) is 12.1. The van der Waals surface area contributed by atoms with Crippen molar-refractivity contribution in [1.82, 2.24) is 0 Å². The van der Waals surface area contributed by atoms with Gasteiger partial charge in [0.25, 0.3) is 0 Å². The monoisotopic (exact) mass is 670 g/mol. The summed E-state index contributed by atoms with van der Waals surface area (Å²) in [7, 11) is 0. The van der Waals surface area contributed by atoms with Crippen LogP contribution < -0.4 is 0 Å². The highest BCUT2D eigenvalue weighted by molar-refractivity contribution is 5.70. The van der Waals surface area contributed by atoms with Crippen LogP contribution in [0.4, 0.5) is 0 Å². The number of carbonyl (C=O) groups is 2. The van der Waals surface area contributed by atoms with Crippen molar-refractivity contribution in [3.05, 3.63) is 37.0 Å². The van der Waals surface area contributed by atoms with E-state index in [0.717, 1.165) is 25.7 Å². The minimum Gasteiger partial charge on any atom is -0.465 e. The number of ether oxygens (including phenoxy) is 2. The number of aliphatic hydroxyl groups is 4. The second-order valence-electron chi connectivity index (χ2n) is 17.8. The standard InChI is InChI=1S/C40H62O8/c1-9-11-13-31(44)47-24-37(6)27-17-20-38(7)28(36(27,5)19-18-29(37)42)16-15-25-26-21-35(3,4)34(48-32(45)14-12-10-2)33(46)40(26,23-41)30(43)22-39(25,38)8/h9-10,15,26-30,33-34,41-43,46H,1-2,11-14,16-24H2,3-8H3/t26?,27?,28?,29-,30+,33-,34-,36-,37+,38+,39+,40-/m0/s1. The largest absolute Gasteiger partial charge is 0.465 e. The number of hydrogen-bond acceptors (Lipinski definition) is 8. The molecule has 3 unspecified atom stereocenters. The Hall–Kier alpha value is -2.00. The molecule has 0 aromatic carbocycles. The van der Waals surface area contributed by atoms with Gasteiger partial charge >= 0.3 is 11.9 Å². The Kier molecular flexibility index (Phi) is 10.1. The van der Waals surface area contributed by atoms with Crippen LogP contribution in [0, 0.1) is 50.2 Å². The summed E-state index contributed by atoms with van der Waals surface area (Å²) in [6.45, 7) is 20.4. The maximum absolute atomic E-state index is 12.8. The number of esters is 2. The lowest BCUT2D eigenvalue weighted by atomic mass is 9.33. The summed E-state index contributed by atoms with van der Waals surface area (Å²) in [6.07, 6.45) is 8.58. The lowest BCUT2D eigenvalue weighted by molar-refractivity contribution is -0.263. The highest BCUT2D eigenvalue weighted by atomic mass is 16.6. The van der Waals surface area contributed by atoms with Crippen LogP contribution in [-0.4, -0.2) is 70.0 Å². The van der Waals surface area contributed by atoms with Gasteiger partial charge in [-0.3, -0.25) is 9.59 Å². The molecule has 8 heteroatoms. The fraction of sp³-hybridized carbons (Fsp3) is 0.800. The summed E-state index contributed by atoms with van der Waals surface area (Å²) >= 11 is 0.